The zero-order valence-electron chi connectivity index (χ0n) is 9.22. The van der Waals surface area contributed by atoms with Gasteiger partial charge in [0, 0.05) is 0 Å². The van der Waals surface area contributed by atoms with E-state index >= 15 is 0 Å². The zero-order chi connectivity index (χ0) is 9.73. The third kappa shape index (κ3) is 4.92. The SMILES string of the molecule is CC(C)(C)/C=C/C1C=CCCCC1. The molecule has 0 aromatic rings. The van der Waals surface area contributed by atoms with Gasteiger partial charge >= 0.3 is 0 Å². The third-order valence-corrected chi connectivity index (χ3v) is 2.38. The average Bonchev–Trinajstić information content (AvgIpc) is 2.26. The van der Waals surface area contributed by atoms with Crippen LogP contribution in [0, 0.1) is 11.3 Å². The van der Waals surface area contributed by atoms with E-state index < -0.39 is 0 Å². The van der Waals surface area contributed by atoms with Crippen molar-refractivity contribution < 1.29 is 0 Å². The molecule has 0 fully saturated rings. The molecule has 0 N–H and O–H groups in total. The maximum Gasteiger partial charge on any atom is -0.00533 e. The summed E-state index contributed by atoms with van der Waals surface area (Å²) in [6.45, 7) is 6.76. The second-order valence-corrected chi connectivity index (χ2v) is 5.10. The molecule has 0 amide bonds. The molecule has 0 heteroatoms. The van der Waals surface area contributed by atoms with Crippen LogP contribution in [-0.4, -0.2) is 0 Å². The summed E-state index contributed by atoms with van der Waals surface area (Å²) in [6, 6.07) is 0. The van der Waals surface area contributed by atoms with Crippen LogP contribution in [0.1, 0.15) is 46.5 Å². The van der Waals surface area contributed by atoms with Crippen molar-refractivity contribution in [2.24, 2.45) is 11.3 Å². The minimum atomic E-state index is 0.333. The number of hydrogen-bond acceptors (Lipinski definition) is 0. The molecule has 74 valence electrons. The first-order valence-corrected chi connectivity index (χ1v) is 5.44. The number of rotatable bonds is 1. The molecule has 1 aliphatic carbocycles. The Kier molecular flexibility index (Phi) is 3.77. The summed E-state index contributed by atoms with van der Waals surface area (Å²) >= 11 is 0. The van der Waals surface area contributed by atoms with Gasteiger partial charge in [0.05, 0.1) is 0 Å². The van der Waals surface area contributed by atoms with E-state index in [9.17, 15) is 0 Å². The van der Waals surface area contributed by atoms with Gasteiger partial charge in [-0.25, -0.2) is 0 Å². The second-order valence-electron chi connectivity index (χ2n) is 5.10. The van der Waals surface area contributed by atoms with Crippen LogP contribution in [0.4, 0.5) is 0 Å². The molecule has 1 unspecified atom stereocenters. The lowest BCUT2D eigenvalue weighted by atomic mass is 9.93. The zero-order valence-corrected chi connectivity index (χ0v) is 9.22. The molecule has 0 aliphatic heterocycles. The van der Waals surface area contributed by atoms with Crippen molar-refractivity contribution in [3.8, 4) is 0 Å². The Morgan fingerprint density at radius 2 is 2.00 bits per heavy atom. The highest BCUT2D eigenvalue weighted by Crippen LogP contribution is 2.21. The standard InChI is InChI=1S/C13H22/c1-13(2,3)11-10-12-8-6-4-5-7-9-12/h6,8,10-12H,4-5,7,9H2,1-3H3/b11-10+. The molecular formula is C13H22. The number of hydrogen-bond donors (Lipinski definition) is 0. The first-order valence-electron chi connectivity index (χ1n) is 5.44. The van der Waals surface area contributed by atoms with E-state index in [-0.39, 0.29) is 0 Å². The van der Waals surface area contributed by atoms with Crippen LogP contribution in [0.3, 0.4) is 0 Å². The van der Waals surface area contributed by atoms with Crippen molar-refractivity contribution in [3.05, 3.63) is 24.3 Å². The van der Waals surface area contributed by atoms with E-state index in [1.165, 1.54) is 25.7 Å². The van der Waals surface area contributed by atoms with Crippen molar-refractivity contribution >= 4 is 0 Å². The van der Waals surface area contributed by atoms with Crippen molar-refractivity contribution in [3.63, 3.8) is 0 Å². The predicted octanol–water partition coefficient (Wildman–Crippen LogP) is 4.34. The molecule has 0 heterocycles. The quantitative estimate of drug-likeness (QED) is 0.524. The van der Waals surface area contributed by atoms with E-state index in [1.54, 1.807) is 0 Å². The summed E-state index contributed by atoms with van der Waals surface area (Å²) in [5.74, 6) is 0.696. The van der Waals surface area contributed by atoms with E-state index in [1.807, 2.05) is 0 Å². The Balaban J connectivity index is 2.47. The fourth-order valence-corrected chi connectivity index (χ4v) is 1.58. The first kappa shape index (κ1) is 10.6. The topological polar surface area (TPSA) is 0 Å². The van der Waals surface area contributed by atoms with Gasteiger partial charge in [-0.15, -0.1) is 0 Å². The van der Waals surface area contributed by atoms with Crippen molar-refractivity contribution in [2.45, 2.75) is 46.5 Å². The van der Waals surface area contributed by atoms with Crippen LogP contribution in [0.2, 0.25) is 0 Å². The largest absolute Gasteiger partial charge is 0.0879 e. The highest BCUT2D eigenvalue weighted by Gasteiger charge is 2.07. The lowest BCUT2D eigenvalue weighted by Crippen LogP contribution is -2.00. The fourth-order valence-electron chi connectivity index (χ4n) is 1.58. The maximum absolute atomic E-state index is 2.38. The molecule has 1 atom stereocenters. The first-order chi connectivity index (χ1) is 6.08. The third-order valence-electron chi connectivity index (χ3n) is 2.38. The Morgan fingerprint density at radius 1 is 1.23 bits per heavy atom. The Labute approximate surface area is 82.7 Å². The Hall–Kier alpha value is -0.520. The van der Waals surface area contributed by atoms with Gasteiger partial charge in [-0.05, 0) is 30.6 Å². The number of allylic oxidation sites excluding steroid dienone is 4. The van der Waals surface area contributed by atoms with Gasteiger partial charge in [0.2, 0.25) is 0 Å². The normalized spacial score (nSPS) is 25.0. The van der Waals surface area contributed by atoms with Gasteiger partial charge in [-0.3, -0.25) is 0 Å². The Bertz CT molecular complexity index is 191. The second kappa shape index (κ2) is 4.64. The summed E-state index contributed by atoms with van der Waals surface area (Å²) in [5.41, 5.74) is 0.333. The molecule has 0 aromatic carbocycles. The highest BCUT2D eigenvalue weighted by atomic mass is 14.1. The summed E-state index contributed by atoms with van der Waals surface area (Å²) in [6.07, 6.45) is 14.8. The molecule has 0 spiro atoms. The van der Waals surface area contributed by atoms with E-state index in [2.05, 4.69) is 45.1 Å². The molecule has 13 heavy (non-hydrogen) atoms. The van der Waals surface area contributed by atoms with Crippen LogP contribution < -0.4 is 0 Å². The summed E-state index contributed by atoms with van der Waals surface area (Å²) in [7, 11) is 0. The van der Waals surface area contributed by atoms with Gasteiger partial charge in [0.1, 0.15) is 0 Å². The van der Waals surface area contributed by atoms with Crippen LogP contribution >= 0.6 is 0 Å². The van der Waals surface area contributed by atoms with Crippen LogP contribution in [-0.2, 0) is 0 Å². The molecule has 0 radical (unpaired) electrons. The van der Waals surface area contributed by atoms with Crippen molar-refractivity contribution in [2.75, 3.05) is 0 Å². The molecule has 1 aliphatic rings. The van der Waals surface area contributed by atoms with E-state index in [0.29, 0.717) is 11.3 Å². The minimum absolute atomic E-state index is 0.333. The fraction of sp³-hybridized carbons (Fsp3) is 0.692. The van der Waals surface area contributed by atoms with Crippen molar-refractivity contribution in [1.29, 1.82) is 0 Å². The highest BCUT2D eigenvalue weighted by molar-refractivity contribution is 5.04. The summed E-state index contributed by atoms with van der Waals surface area (Å²) < 4.78 is 0. The maximum atomic E-state index is 2.38. The lowest BCUT2D eigenvalue weighted by molar-refractivity contribution is 0.535. The van der Waals surface area contributed by atoms with Gasteiger partial charge in [-0.2, -0.15) is 0 Å². The van der Waals surface area contributed by atoms with Crippen LogP contribution in [0.5, 0.6) is 0 Å². The molecule has 0 nitrogen and oxygen atoms in total. The molecule has 0 saturated heterocycles. The van der Waals surface area contributed by atoms with Gasteiger partial charge in [0.25, 0.3) is 0 Å². The summed E-state index contributed by atoms with van der Waals surface area (Å²) in [5, 5.41) is 0. The molecule has 0 saturated carbocycles. The van der Waals surface area contributed by atoms with Crippen LogP contribution in [0.15, 0.2) is 24.3 Å². The van der Waals surface area contributed by atoms with Gasteiger partial charge in [-0.1, -0.05) is 51.5 Å². The minimum Gasteiger partial charge on any atom is -0.0879 e. The Morgan fingerprint density at radius 3 is 2.69 bits per heavy atom. The molecular weight excluding hydrogens is 156 g/mol. The lowest BCUT2D eigenvalue weighted by Gasteiger charge is -2.13. The smallest absolute Gasteiger partial charge is 0.00533 e. The van der Waals surface area contributed by atoms with Crippen molar-refractivity contribution in [1.82, 2.24) is 0 Å². The molecule has 1 rings (SSSR count). The van der Waals surface area contributed by atoms with Gasteiger partial charge < -0.3 is 0 Å². The average molecular weight is 178 g/mol. The van der Waals surface area contributed by atoms with E-state index in [0.717, 1.165) is 0 Å². The molecule has 0 bridgehead atoms. The predicted molar refractivity (Wildman–Crippen MR) is 59.7 cm³/mol. The molecule has 0 aromatic heterocycles. The van der Waals surface area contributed by atoms with Gasteiger partial charge in [0.15, 0.2) is 0 Å². The van der Waals surface area contributed by atoms with Crippen LogP contribution in [0.25, 0.3) is 0 Å². The van der Waals surface area contributed by atoms with E-state index in [4.69, 9.17) is 0 Å². The summed E-state index contributed by atoms with van der Waals surface area (Å²) in [4.78, 5) is 0. The monoisotopic (exact) mass is 178 g/mol.